The van der Waals surface area contributed by atoms with Crippen LogP contribution in [0.4, 0.5) is 0 Å². The quantitative estimate of drug-likeness (QED) is 0.562. The van der Waals surface area contributed by atoms with Gasteiger partial charge in [0.25, 0.3) is 0 Å². The largest absolute Gasteiger partial charge is 0.462 e. The average molecular weight is 208 g/mol. The van der Waals surface area contributed by atoms with Crippen LogP contribution in [0.1, 0.15) is 22.8 Å². The predicted molar refractivity (Wildman–Crippen MR) is 58.3 cm³/mol. The van der Waals surface area contributed by atoms with Crippen LogP contribution >= 0.6 is 0 Å². The highest BCUT2D eigenvalue weighted by molar-refractivity contribution is 5.89. The van der Waals surface area contributed by atoms with Crippen LogP contribution in [0.25, 0.3) is 0 Å². The van der Waals surface area contributed by atoms with Gasteiger partial charge in [0.2, 0.25) is 0 Å². The van der Waals surface area contributed by atoms with E-state index in [4.69, 9.17) is 16.2 Å². The summed E-state index contributed by atoms with van der Waals surface area (Å²) in [5, 5.41) is 0. The Hall–Kier alpha value is -1.39. The second kappa shape index (κ2) is 5.48. The van der Waals surface area contributed by atoms with E-state index in [0.29, 0.717) is 18.6 Å². The first-order valence-electron chi connectivity index (χ1n) is 4.90. The molecule has 0 fully saturated rings. The average Bonchev–Trinajstić information content (AvgIpc) is 2.18. The zero-order valence-corrected chi connectivity index (χ0v) is 8.77. The van der Waals surface area contributed by atoms with Crippen molar-refractivity contribution in [3.63, 3.8) is 0 Å². The molecule has 4 N–H and O–H groups in total. The molecule has 0 aliphatic heterocycles. The van der Waals surface area contributed by atoms with Crippen molar-refractivity contribution in [2.45, 2.75) is 19.5 Å². The summed E-state index contributed by atoms with van der Waals surface area (Å²) >= 11 is 0. The number of carbonyl (C=O) groups is 1. The van der Waals surface area contributed by atoms with E-state index in [1.807, 2.05) is 12.1 Å². The summed E-state index contributed by atoms with van der Waals surface area (Å²) in [4.78, 5) is 11.3. The molecule has 0 aliphatic rings. The third-order valence-corrected chi connectivity index (χ3v) is 1.94. The van der Waals surface area contributed by atoms with Crippen molar-refractivity contribution in [3.05, 3.63) is 35.4 Å². The molecular formula is C11H16N2O2. The molecule has 0 saturated heterocycles. The molecule has 4 nitrogen and oxygen atoms in total. The molecule has 0 bridgehead atoms. The predicted octanol–water partition coefficient (Wildman–Crippen LogP) is 0.649. The lowest BCUT2D eigenvalue weighted by Crippen LogP contribution is -2.32. The van der Waals surface area contributed by atoms with Gasteiger partial charge in [0.15, 0.2) is 0 Å². The van der Waals surface area contributed by atoms with Gasteiger partial charge in [-0.25, -0.2) is 4.79 Å². The lowest BCUT2D eigenvalue weighted by atomic mass is 10.1. The number of carbonyl (C=O) groups excluding carboxylic acids is 1. The molecule has 0 atom stereocenters. The number of nitrogens with two attached hydrogens (primary N) is 2. The number of hydrogen-bond donors (Lipinski definition) is 2. The first-order valence-corrected chi connectivity index (χ1v) is 4.90. The Labute approximate surface area is 89.2 Å². The van der Waals surface area contributed by atoms with E-state index in [2.05, 4.69) is 0 Å². The van der Waals surface area contributed by atoms with E-state index in [1.54, 1.807) is 19.1 Å². The Bertz CT molecular complexity index is 320. The first-order chi connectivity index (χ1) is 7.13. The maximum absolute atomic E-state index is 11.3. The Kier molecular flexibility index (Phi) is 4.27. The molecular weight excluding hydrogens is 192 g/mol. The smallest absolute Gasteiger partial charge is 0.338 e. The van der Waals surface area contributed by atoms with E-state index in [1.165, 1.54) is 0 Å². The van der Waals surface area contributed by atoms with E-state index in [-0.39, 0.29) is 12.1 Å². The van der Waals surface area contributed by atoms with Gasteiger partial charge in [-0.15, -0.1) is 0 Å². The van der Waals surface area contributed by atoms with Crippen molar-refractivity contribution >= 4 is 5.97 Å². The fourth-order valence-corrected chi connectivity index (χ4v) is 1.26. The summed E-state index contributed by atoms with van der Waals surface area (Å²) in [5.41, 5.74) is 12.5. The summed E-state index contributed by atoms with van der Waals surface area (Å²) in [6.45, 7) is 2.16. The van der Waals surface area contributed by atoms with Gasteiger partial charge < -0.3 is 16.2 Å². The Morgan fingerprint density at radius 3 is 2.40 bits per heavy atom. The second-order valence-electron chi connectivity index (χ2n) is 3.29. The van der Waals surface area contributed by atoms with Gasteiger partial charge in [-0.05, 0) is 24.6 Å². The van der Waals surface area contributed by atoms with Crippen molar-refractivity contribution in [3.8, 4) is 0 Å². The number of esters is 1. The van der Waals surface area contributed by atoms with Gasteiger partial charge >= 0.3 is 5.97 Å². The second-order valence-corrected chi connectivity index (χ2v) is 3.29. The van der Waals surface area contributed by atoms with Gasteiger partial charge in [-0.1, -0.05) is 12.1 Å². The minimum atomic E-state index is -0.363. The van der Waals surface area contributed by atoms with Gasteiger partial charge in [0.1, 0.15) is 0 Å². The summed E-state index contributed by atoms with van der Waals surface area (Å²) in [6, 6.07) is 7.10. The van der Waals surface area contributed by atoms with Crippen molar-refractivity contribution < 1.29 is 9.53 Å². The number of ether oxygens (including phenoxy) is 1. The lowest BCUT2D eigenvalue weighted by molar-refractivity contribution is 0.0526. The number of hydrogen-bond acceptors (Lipinski definition) is 4. The highest BCUT2D eigenvalue weighted by Gasteiger charge is 2.05. The highest BCUT2D eigenvalue weighted by Crippen LogP contribution is 2.06. The molecule has 15 heavy (non-hydrogen) atoms. The molecule has 1 aromatic carbocycles. The van der Waals surface area contributed by atoms with Crippen LogP contribution in [-0.4, -0.2) is 18.7 Å². The van der Waals surface area contributed by atoms with Crippen LogP contribution in [0.3, 0.4) is 0 Å². The summed E-state index contributed by atoms with van der Waals surface area (Å²) < 4.78 is 4.86. The lowest BCUT2D eigenvalue weighted by Gasteiger charge is -2.06. The molecule has 1 rings (SSSR count). The van der Waals surface area contributed by atoms with Crippen LogP contribution in [0.2, 0.25) is 0 Å². The Morgan fingerprint density at radius 2 is 1.93 bits per heavy atom. The van der Waals surface area contributed by atoms with Crippen LogP contribution in [0.5, 0.6) is 0 Å². The van der Waals surface area contributed by atoms with Crippen molar-refractivity contribution in [2.24, 2.45) is 11.5 Å². The van der Waals surface area contributed by atoms with Gasteiger partial charge in [-0.2, -0.15) is 0 Å². The topological polar surface area (TPSA) is 78.3 Å². The van der Waals surface area contributed by atoms with E-state index >= 15 is 0 Å². The van der Waals surface area contributed by atoms with E-state index in [9.17, 15) is 4.79 Å². The molecule has 0 aromatic heterocycles. The van der Waals surface area contributed by atoms with Gasteiger partial charge in [0.05, 0.1) is 18.3 Å². The zero-order valence-electron chi connectivity index (χ0n) is 8.77. The normalized spacial score (nSPS) is 10.4. The van der Waals surface area contributed by atoms with Crippen LogP contribution in [0, 0.1) is 0 Å². The Morgan fingerprint density at radius 1 is 1.33 bits per heavy atom. The fourth-order valence-electron chi connectivity index (χ4n) is 1.26. The first kappa shape index (κ1) is 11.7. The van der Waals surface area contributed by atoms with Crippen molar-refractivity contribution in [1.82, 2.24) is 0 Å². The molecule has 4 heteroatoms. The summed E-state index contributed by atoms with van der Waals surface area (Å²) in [6.07, 6.45) is 0.238. The van der Waals surface area contributed by atoms with Crippen molar-refractivity contribution in [1.29, 1.82) is 0 Å². The molecule has 0 radical (unpaired) electrons. The third kappa shape index (κ3) is 3.69. The summed E-state index contributed by atoms with van der Waals surface area (Å²) in [5.74, 6) is -0.305. The molecule has 0 saturated carbocycles. The van der Waals surface area contributed by atoms with Crippen LogP contribution in [0.15, 0.2) is 24.3 Å². The molecule has 0 aliphatic carbocycles. The molecule has 0 amide bonds. The van der Waals surface area contributed by atoms with Gasteiger partial charge in [0, 0.05) is 6.42 Å². The zero-order chi connectivity index (χ0) is 11.3. The summed E-state index contributed by atoms with van der Waals surface area (Å²) in [7, 11) is 0. The van der Waals surface area contributed by atoms with E-state index in [0.717, 1.165) is 5.56 Å². The van der Waals surface area contributed by atoms with Crippen molar-refractivity contribution in [2.75, 3.05) is 6.61 Å². The number of benzene rings is 1. The van der Waals surface area contributed by atoms with Crippen LogP contribution < -0.4 is 11.5 Å². The fraction of sp³-hybridized carbons (Fsp3) is 0.364. The standard InChI is InChI=1S/C11H16N2O2/c1-2-15-11(14)9-5-3-8(4-6-9)7-10(12)13/h3-6,10H,2,7,12-13H2,1H3. The molecule has 0 spiro atoms. The Balaban J connectivity index is 2.67. The molecule has 1 aromatic rings. The minimum Gasteiger partial charge on any atom is -0.462 e. The van der Waals surface area contributed by atoms with Gasteiger partial charge in [-0.3, -0.25) is 0 Å². The minimum absolute atomic E-state index is 0.305. The SMILES string of the molecule is CCOC(=O)c1ccc(CC(N)N)cc1. The molecule has 0 heterocycles. The third-order valence-electron chi connectivity index (χ3n) is 1.94. The monoisotopic (exact) mass is 208 g/mol. The van der Waals surface area contributed by atoms with Crippen LogP contribution in [-0.2, 0) is 11.2 Å². The number of rotatable bonds is 4. The van der Waals surface area contributed by atoms with E-state index < -0.39 is 0 Å². The maximum Gasteiger partial charge on any atom is 0.338 e. The maximum atomic E-state index is 11.3. The molecule has 0 unspecified atom stereocenters. The highest BCUT2D eigenvalue weighted by atomic mass is 16.5. The molecule has 82 valence electrons.